The number of aromatic nitrogens is 2. The minimum absolute atomic E-state index is 0.0501. The van der Waals surface area contributed by atoms with Gasteiger partial charge in [-0.05, 0) is 30.2 Å². The average Bonchev–Trinajstić information content (AvgIpc) is 3.14. The van der Waals surface area contributed by atoms with Gasteiger partial charge in [0, 0.05) is 42.0 Å². The van der Waals surface area contributed by atoms with Gasteiger partial charge in [-0.15, -0.1) is 11.3 Å². The molecule has 0 radical (unpaired) electrons. The minimum Gasteiger partial charge on any atom is -0.326 e. The molecule has 0 atom stereocenters. The first-order chi connectivity index (χ1) is 14.9. The van der Waals surface area contributed by atoms with Crippen molar-refractivity contribution < 1.29 is 9.59 Å². The minimum atomic E-state index is -0.550. The van der Waals surface area contributed by atoms with Crippen LogP contribution in [0.1, 0.15) is 33.3 Å². The molecule has 0 bridgehead atoms. The van der Waals surface area contributed by atoms with Gasteiger partial charge < -0.3 is 10.6 Å². The zero-order chi connectivity index (χ0) is 22.0. The summed E-state index contributed by atoms with van der Waals surface area (Å²) in [5.74, 6) is -0.761. The highest BCUT2D eigenvalue weighted by atomic mass is 32.1. The summed E-state index contributed by atoms with van der Waals surface area (Å²) in [4.78, 5) is 42.9. The molecule has 7 nitrogen and oxygen atoms in total. The maximum Gasteiger partial charge on any atom is 0.271 e. The molecule has 2 amide bonds. The predicted octanol–water partition coefficient (Wildman–Crippen LogP) is 3.87. The third kappa shape index (κ3) is 4.54. The largest absolute Gasteiger partial charge is 0.326 e. The molecule has 0 fully saturated rings. The van der Waals surface area contributed by atoms with E-state index in [-0.39, 0.29) is 11.5 Å². The summed E-state index contributed by atoms with van der Waals surface area (Å²) in [7, 11) is 0. The molecule has 0 saturated carbocycles. The summed E-state index contributed by atoms with van der Waals surface area (Å²) in [6.07, 6.45) is 3.73. The highest BCUT2D eigenvalue weighted by Gasteiger charge is 2.16. The fraction of sp³-hybridized carbons (Fsp3) is 0.130. The molecule has 4 aromatic rings. The number of hydrogen-bond acceptors (Lipinski definition) is 5. The molecule has 0 aliphatic rings. The second kappa shape index (κ2) is 8.53. The third-order valence-corrected chi connectivity index (χ3v) is 5.72. The lowest BCUT2D eigenvalue weighted by Gasteiger charge is -2.10. The molecule has 31 heavy (non-hydrogen) atoms. The van der Waals surface area contributed by atoms with E-state index in [9.17, 15) is 14.4 Å². The first-order valence-corrected chi connectivity index (χ1v) is 10.5. The van der Waals surface area contributed by atoms with E-state index >= 15 is 0 Å². The normalized spacial score (nSPS) is 10.8. The van der Waals surface area contributed by atoms with Crippen LogP contribution in [-0.2, 0) is 11.2 Å². The van der Waals surface area contributed by atoms with Gasteiger partial charge in [-0.1, -0.05) is 36.4 Å². The Morgan fingerprint density at radius 1 is 1.10 bits per heavy atom. The van der Waals surface area contributed by atoms with Gasteiger partial charge in [-0.3, -0.25) is 18.8 Å². The van der Waals surface area contributed by atoms with Crippen molar-refractivity contribution in [3.63, 3.8) is 0 Å². The number of carbonyl (C=O) groups excluding carboxylic acids is 2. The summed E-state index contributed by atoms with van der Waals surface area (Å²) in [5, 5.41) is 5.43. The van der Waals surface area contributed by atoms with Gasteiger partial charge in [-0.2, -0.15) is 0 Å². The molecule has 156 valence electrons. The first-order valence-electron chi connectivity index (χ1n) is 9.64. The molecule has 8 heteroatoms. The van der Waals surface area contributed by atoms with Crippen LogP contribution in [0.25, 0.3) is 4.96 Å². The van der Waals surface area contributed by atoms with Crippen LogP contribution in [-0.4, -0.2) is 21.2 Å². The van der Waals surface area contributed by atoms with Crippen LogP contribution >= 0.6 is 11.3 Å². The summed E-state index contributed by atoms with van der Waals surface area (Å²) in [6, 6.07) is 15.1. The lowest BCUT2D eigenvalue weighted by molar-refractivity contribution is -0.114. The predicted molar refractivity (Wildman–Crippen MR) is 122 cm³/mol. The summed E-state index contributed by atoms with van der Waals surface area (Å²) in [6.45, 7) is 3.24. The molecular formula is C23H20N4O3S. The van der Waals surface area contributed by atoms with Gasteiger partial charge in [0.15, 0.2) is 4.96 Å². The molecule has 4 rings (SSSR count). The van der Waals surface area contributed by atoms with Gasteiger partial charge in [0.25, 0.3) is 11.5 Å². The van der Waals surface area contributed by atoms with Crippen LogP contribution in [0.3, 0.4) is 0 Å². The van der Waals surface area contributed by atoms with E-state index in [1.54, 1.807) is 24.4 Å². The van der Waals surface area contributed by atoms with E-state index in [1.807, 2.05) is 37.3 Å². The molecule has 0 spiro atoms. The highest BCUT2D eigenvalue weighted by Crippen LogP contribution is 2.22. The SMILES string of the molecule is CC(=O)Nc1ccc(C)c(NC(=O)c2cnc3sc(Cc4ccccc4)cn3c2=O)c1. The second-order valence-corrected chi connectivity index (χ2v) is 8.25. The van der Waals surface area contributed by atoms with Crippen molar-refractivity contribution in [2.75, 3.05) is 10.6 Å². The van der Waals surface area contributed by atoms with E-state index in [2.05, 4.69) is 15.6 Å². The van der Waals surface area contributed by atoms with E-state index in [1.165, 1.54) is 28.9 Å². The number of anilines is 2. The number of rotatable bonds is 5. The van der Waals surface area contributed by atoms with Crippen LogP contribution < -0.4 is 16.2 Å². The Bertz CT molecular complexity index is 1340. The van der Waals surface area contributed by atoms with Crippen LogP contribution in [0.2, 0.25) is 0 Å². The van der Waals surface area contributed by atoms with E-state index in [4.69, 9.17) is 0 Å². The Morgan fingerprint density at radius 3 is 2.61 bits per heavy atom. The number of nitrogens with one attached hydrogen (secondary N) is 2. The number of fused-ring (bicyclic) bond motifs is 1. The number of amides is 2. The molecule has 2 aromatic heterocycles. The maximum atomic E-state index is 12.9. The van der Waals surface area contributed by atoms with Crippen LogP contribution in [0.4, 0.5) is 11.4 Å². The van der Waals surface area contributed by atoms with Crippen LogP contribution in [0, 0.1) is 6.92 Å². The summed E-state index contributed by atoms with van der Waals surface area (Å²) in [5.41, 5.74) is 2.53. The number of benzene rings is 2. The monoisotopic (exact) mass is 432 g/mol. The van der Waals surface area contributed by atoms with Crippen molar-refractivity contribution in [3.8, 4) is 0 Å². The molecule has 2 aromatic carbocycles. The highest BCUT2D eigenvalue weighted by molar-refractivity contribution is 7.17. The van der Waals surface area contributed by atoms with Gasteiger partial charge in [0.2, 0.25) is 5.91 Å². The second-order valence-electron chi connectivity index (χ2n) is 7.15. The molecule has 2 N–H and O–H groups in total. The Labute approximate surface area is 182 Å². The average molecular weight is 433 g/mol. The Morgan fingerprint density at radius 2 is 1.87 bits per heavy atom. The smallest absolute Gasteiger partial charge is 0.271 e. The third-order valence-electron chi connectivity index (χ3n) is 4.73. The quantitative estimate of drug-likeness (QED) is 0.501. The zero-order valence-electron chi connectivity index (χ0n) is 17.0. The molecule has 2 heterocycles. The number of thiazole rings is 1. The molecular weight excluding hydrogens is 412 g/mol. The Balaban J connectivity index is 1.61. The number of nitrogens with zero attached hydrogens (tertiary/aromatic N) is 2. The fourth-order valence-corrected chi connectivity index (χ4v) is 4.16. The van der Waals surface area contributed by atoms with E-state index in [0.29, 0.717) is 22.8 Å². The van der Waals surface area contributed by atoms with E-state index in [0.717, 1.165) is 16.0 Å². The molecule has 0 aliphatic carbocycles. The number of aryl methyl sites for hydroxylation is 1. The van der Waals surface area contributed by atoms with Gasteiger partial charge in [0.05, 0.1) is 0 Å². The fourth-order valence-electron chi connectivity index (χ4n) is 3.19. The first kappa shape index (κ1) is 20.5. The van der Waals surface area contributed by atoms with Crippen molar-refractivity contribution in [1.29, 1.82) is 0 Å². The van der Waals surface area contributed by atoms with Crippen molar-refractivity contribution in [2.45, 2.75) is 20.3 Å². The van der Waals surface area contributed by atoms with Crippen molar-refractivity contribution in [3.05, 3.63) is 92.8 Å². The Kier molecular flexibility index (Phi) is 5.64. The Hall–Kier alpha value is -3.78. The molecule has 0 unspecified atom stereocenters. The van der Waals surface area contributed by atoms with Crippen LogP contribution in [0.5, 0.6) is 0 Å². The van der Waals surface area contributed by atoms with E-state index < -0.39 is 11.5 Å². The van der Waals surface area contributed by atoms with Gasteiger partial charge >= 0.3 is 0 Å². The summed E-state index contributed by atoms with van der Waals surface area (Å²) >= 11 is 1.42. The van der Waals surface area contributed by atoms with Crippen molar-refractivity contribution >= 4 is 39.5 Å². The van der Waals surface area contributed by atoms with Crippen molar-refractivity contribution in [1.82, 2.24) is 9.38 Å². The molecule has 0 saturated heterocycles. The van der Waals surface area contributed by atoms with Crippen LogP contribution in [0.15, 0.2) is 65.7 Å². The molecule has 0 aliphatic heterocycles. The number of hydrogen-bond donors (Lipinski definition) is 2. The maximum absolute atomic E-state index is 12.9. The van der Waals surface area contributed by atoms with Crippen molar-refractivity contribution in [2.24, 2.45) is 0 Å². The van der Waals surface area contributed by atoms with Gasteiger partial charge in [-0.25, -0.2) is 4.98 Å². The van der Waals surface area contributed by atoms with Gasteiger partial charge in [0.1, 0.15) is 5.56 Å². The standard InChI is InChI=1S/C23H20N4O3S/c1-14-8-9-17(25-15(2)28)11-20(14)26-21(29)19-12-24-23-27(22(19)30)13-18(31-23)10-16-6-4-3-5-7-16/h3-9,11-13H,10H2,1-2H3,(H,25,28)(H,26,29). The number of carbonyl (C=O) groups is 2. The summed E-state index contributed by atoms with van der Waals surface area (Å²) < 4.78 is 1.42. The lowest BCUT2D eigenvalue weighted by atomic mass is 10.1. The lowest BCUT2D eigenvalue weighted by Crippen LogP contribution is -2.26. The zero-order valence-corrected chi connectivity index (χ0v) is 17.8. The topological polar surface area (TPSA) is 92.6 Å².